The monoisotopic (exact) mass is 494 g/mol. The van der Waals surface area contributed by atoms with Crippen LogP contribution >= 0.6 is 27.5 Å². The van der Waals surface area contributed by atoms with Gasteiger partial charge in [-0.3, -0.25) is 9.59 Å². The van der Waals surface area contributed by atoms with E-state index in [1.54, 1.807) is 30.3 Å². The summed E-state index contributed by atoms with van der Waals surface area (Å²) in [6.45, 7) is 4.66. The molecule has 0 atom stereocenters. The minimum Gasteiger partial charge on any atom is -0.493 e. The lowest BCUT2D eigenvalue weighted by Gasteiger charge is -2.14. The highest BCUT2D eigenvalue weighted by atomic mass is 79.9. The fraction of sp³-hybridized carbons (Fsp3) is 0.391. The molecule has 2 aromatic carbocycles. The number of unbranched alkanes of at least 4 members (excludes halogenated alkanes) is 3. The van der Waals surface area contributed by atoms with E-state index in [1.807, 2.05) is 13.0 Å². The number of rotatable bonds is 11. The highest BCUT2D eigenvalue weighted by molar-refractivity contribution is 9.10. The van der Waals surface area contributed by atoms with Gasteiger partial charge in [-0.05, 0) is 49.2 Å². The van der Waals surface area contributed by atoms with Gasteiger partial charge in [-0.15, -0.1) is 0 Å². The van der Waals surface area contributed by atoms with E-state index in [9.17, 15) is 9.59 Å². The van der Waals surface area contributed by atoms with Crippen molar-refractivity contribution in [1.82, 2.24) is 0 Å². The first kappa shape index (κ1) is 24.2. The van der Waals surface area contributed by atoms with Gasteiger partial charge < -0.3 is 15.4 Å². The molecule has 0 radical (unpaired) electrons. The van der Waals surface area contributed by atoms with Gasteiger partial charge in [0.2, 0.25) is 5.91 Å². The molecule has 0 bridgehead atoms. The quantitative estimate of drug-likeness (QED) is 0.328. The molecule has 7 heteroatoms. The molecule has 162 valence electrons. The van der Waals surface area contributed by atoms with Crippen molar-refractivity contribution in [3.05, 3.63) is 51.5 Å². The average Bonchev–Trinajstić information content (AvgIpc) is 2.71. The maximum atomic E-state index is 13.0. The van der Waals surface area contributed by atoms with Crippen LogP contribution in [0.1, 0.15) is 62.7 Å². The Balaban J connectivity index is 2.13. The molecular formula is C23H28BrClN2O3. The summed E-state index contributed by atoms with van der Waals surface area (Å²) < 4.78 is 6.64. The summed E-state index contributed by atoms with van der Waals surface area (Å²) in [5, 5.41) is 6.02. The Labute approximate surface area is 191 Å². The Morgan fingerprint density at radius 1 is 1.00 bits per heavy atom. The number of nitrogens with one attached hydrogen (secondary N) is 2. The summed E-state index contributed by atoms with van der Waals surface area (Å²) in [5.74, 6) is 0.109. The number of amides is 2. The Kier molecular flexibility index (Phi) is 10.2. The van der Waals surface area contributed by atoms with E-state index >= 15 is 0 Å². The Hall–Kier alpha value is -2.05. The zero-order valence-electron chi connectivity index (χ0n) is 17.4. The molecule has 5 nitrogen and oxygen atoms in total. The van der Waals surface area contributed by atoms with E-state index in [-0.39, 0.29) is 11.8 Å². The van der Waals surface area contributed by atoms with Crippen molar-refractivity contribution in [2.45, 2.75) is 52.4 Å². The van der Waals surface area contributed by atoms with Gasteiger partial charge in [0, 0.05) is 16.6 Å². The van der Waals surface area contributed by atoms with Crippen molar-refractivity contribution >= 4 is 50.7 Å². The van der Waals surface area contributed by atoms with Crippen molar-refractivity contribution in [3.8, 4) is 5.75 Å². The number of hydrogen-bond acceptors (Lipinski definition) is 3. The molecule has 2 amide bonds. The first-order chi connectivity index (χ1) is 14.4. The molecule has 0 aliphatic carbocycles. The molecule has 2 rings (SSSR count). The lowest BCUT2D eigenvalue weighted by molar-refractivity contribution is -0.116. The molecule has 0 fully saturated rings. The van der Waals surface area contributed by atoms with Crippen LogP contribution in [0.4, 0.5) is 11.4 Å². The standard InChI is InChI=1S/C23H28BrClN2O3/c1-3-5-6-7-13-30-21-12-9-16(24)14-18(21)23(29)27-20-15-17(10-11-19(20)25)26-22(28)8-4-2/h9-12,14-15H,3-8,13H2,1-2H3,(H,26,28)(H,27,29). The van der Waals surface area contributed by atoms with Gasteiger partial charge in [0.15, 0.2) is 0 Å². The van der Waals surface area contributed by atoms with Crippen LogP contribution in [-0.4, -0.2) is 18.4 Å². The maximum absolute atomic E-state index is 13.0. The van der Waals surface area contributed by atoms with Crippen LogP contribution in [0.5, 0.6) is 5.75 Å². The van der Waals surface area contributed by atoms with Gasteiger partial charge in [-0.25, -0.2) is 0 Å². The van der Waals surface area contributed by atoms with Gasteiger partial charge in [-0.1, -0.05) is 60.6 Å². The summed E-state index contributed by atoms with van der Waals surface area (Å²) >= 11 is 9.67. The number of carbonyl (C=O) groups is 2. The third kappa shape index (κ3) is 7.65. The van der Waals surface area contributed by atoms with Crippen molar-refractivity contribution in [2.75, 3.05) is 17.2 Å². The summed E-state index contributed by atoms with van der Waals surface area (Å²) in [6.07, 6.45) is 5.55. The molecule has 0 aliphatic rings. The highest BCUT2D eigenvalue weighted by Crippen LogP contribution is 2.29. The number of hydrogen-bond donors (Lipinski definition) is 2. The third-order valence-electron chi connectivity index (χ3n) is 4.42. The van der Waals surface area contributed by atoms with Crippen LogP contribution in [0.3, 0.4) is 0 Å². The van der Waals surface area contributed by atoms with E-state index in [4.69, 9.17) is 16.3 Å². The zero-order chi connectivity index (χ0) is 21.9. The SMILES string of the molecule is CCCCCCOc1ccc(Br)cc1C(=O)Nc1cc(NC(=O)CCC)ccc1Cl. The molecule has 0 heterocycles. The smallest absolute Gasteiger partial charge is 0.259 e. The first-order valence-electron chi connectivity index (χ1n) is 10.3. The lowest BCUT2D eigenvalue weighted by atomic mass is 10.1. The van der Waals surface area contributed by atoms with Gasteiger partial charge >= 0.3 is 0 Å². The molecule has 0 aromatic heterocycles. The van der Waals surface area contributed by atoms with Crippen molar-refractivity contribution in [3.63, 3.8) is 0 Å². The van der Waals surface area contributed by atoms with E-state index in [0.29, 0.717) is 40.7 Å². The number of anilines is 2. The van der Waals surface area contributed by atoms with Crippen LogP contribution < -0.4 is 15.4 Å². The molecule has 0 saturated heterocycles. The molecular weight excluding hydrogens is 468 g/mol. The largest absolute Gasteiger partial charge is 0.493 e. The Morgan fingerprint density at radius 3 is 2.53 bits per heavy atom. The number of benzene rings is 2. The van der Waals surface area contributed by atoms with Crippen molar-refractivity contribution in [1.29, 1.82) is 0 Å². The molecule has 0 saturated carbocycles. The van der Waals surface area contributed by atoms with Gasteiger partial charge in [0.1, 0.15) is 5.75 Å². The maximum Gasteiger partial charge on any atom is 0.259 e. The zero-order valence-corrected chi connectivity index (χ0v) is 19.7. The van der Waals surface area contributed by atoms with Crippen molar-refractivity contribution in [2.24, 2.45) is 0 Å². The topological polar surface area (TPSA) is 67.4 Å². The van der Waals surface area contributed by atoms with Crippen LogP contribution in [0.25, 0.3) is 0 Å². The molecule has 2 aromatic rings. The summed E-state index contributed by atoms with van der Waals surface area (Å²) in [4.78, 5) is 24.8. The minimum atomic E-state index is -0.334. The second kappa shape index (κ2) is 12.6. The van der Waals surface area contributed by atoms with Crippen LogP contribution in [0.15, 0.2) is 40.9 Å². The molecule has 30 heavy (non-hydrogen) atoms. The minimum absolute atomic E-state index is 0.0807. The third-order valence-corrected chi connectivity index (χ3v) is 5.24. The van der Waals surface area contributed by atoms with E-state index in [2.05, 4.69) is 33.5 Å². The second-order valence-electron chi connectivity index (χ2n) is 7.00. The molecule has 2 N–H and O–H groups in total. The molecule has 0 spiro atoms. The number of carbonyl (C=O) groups excluding carboxylic acids is 2. The second-order valence-corrected chi connectivity index (χ2v) is 8.32. The van der Waals surface area contributed by atoms with Crippen LogP contribution in [0, 0.1) is 0 Å². The lowest BCUT2D eigenvalue weighted by Crippen LogP contribution is -2.15. The van der Waals surface area contributed by atoms with Crippen molar-refractivity contribution < 1.29 is 14.3 Å². The van der Waals surface area contributed by atoms with E-state index in [0.717, 1.165) is 30.2 Å². The number of ether oxygens (including phenoxy) is 1. The molecule has 0 aliphatic heterocycles. The average molecular weight is 496 g/mol. The van der Waals surface area contributed by atoms with Gasteiger partial charge in [-0.2, -0.15) is 0 Å². The fourth-order valence-electron chi connectivity index (χ4n) is 2.86. The normalized spacial score (nSPS) is 10.5. The highest BCUT2D eigenvalue weighted by Gasteiger charge is 2.16. The predicted octanol–water partition coefficient (Wildman–Crippen LogP) is 7.05. The Morgan fingerprint density at radius 2 is 1.80 bits per heavy atom. The Bertz CT molecular complexity index is 874. The fourth-order valence-corrected chi connectivity index (χ4v) is 3.38. The van der Waals surface area contributed by atoms with E-state index in [1.165, 1.54) is 6.42 Å². The summed E-state index contributed by atoms with van der Waals surface area (Å²) in [6, 6.07) is 10.3. The predicted molar refractivity (Wildman–Crippen MR) is 127 cm³/mol. The number of halogens is 2. The van der Waals surface area contributed by atoms with Crippen LogP contribution in [-0.2, 0) is 4.79 Å². The van der Waals surface area contributed by atoms with Crippen LogP contribution in [0.2, 0.25) is 5.02 Å². The van der Waals surface area contributed by atoms with Gasteiger partial charge in [0.05, 0.1) is 22.9 Å². The summed E-state index contributed by atoms with van der Waals surface area (Å²) in [7, 11) is 0. The molecule has 0 unspecified atom stereocenters. The van der Waals surface area contributed by atoms with E-state index < -0.39 is 0 Å². The summed E-state index contributed by atoms with van der Waals surface area (Å²) in [5.41, 5.74) is 1.41. The van der Waals surface area contributed by atoms with Gasteiger partial charge in [0.25, 0.3) is 5.91 Å². The first-order valence-corrected chi connectivity index (χ1v) is 11.4.